The summed E-state index contributed by atoms with van der Waals surface area (Å²) in [5, 5.41) is 0. The van der Waals surface area contributed by atoms with Crippen LogP contribution in [0, 0.1) is 5.82 Å². The Morgan fingerprint density at radius 1 is 0.923 bits per heavy atom. The van der Waals surface area contributed by atoms with Crippen molar-refractivity contribution in [2.45, 2.75) is 6.42 Å². The fraction of sp³-hybridized carbons (Fsp3) is 0.222. The van der Waals surface area contributed by atoms with Gasteiger partial charge in [0.05, 0.1) is 20.1 Å². The third kappa shape index (κ3) is 6.31. The number of benzene rings is 2. The molecule has 0 heterocycles. The van der Waals surface area contributed by atoms with Crippen LogP contribution in [0.15, 0.2) is 48.5 Å². The molecule has 2 rings (SSSR count). The molecular formula is C18H19FN2O5. The maximum Gasteiger partial charge on any atom is 0.276 e. The molecule has 2 aromatic rings. The first-order valence-electron chi connectivity index (χ1n) is 7.80. The molecule has 0 spiro atoms. The van der Waals surface area contributed by atoms with Gasteiger partial charge < -0.3 is 14.2 Å². The highest BCUT2D eigenvalue weighted by Crippen LogP contribution is 2.25. The molecule has 8 heteroatoms. The fourth-order valence-electron chi connectivity index (χ4n) is 1.91. The van der Waals surface area contributed by atoms with E-state index in [0.29, 0.717) is 17.2 Å². The minimum absolute atomic E-state index is 0.0388. The average molecular weight is 362 g/mol. The lowest BCUT2D eigenvalue weighted by molar-refractivity contribution is -0.130. The Bertz CT molecular complexity index is 737. The van der Waals surface area contributed by atoms with Crippen LogP contribution in [-0.2, 0) is 9.59 Å². The monoisotopic (exact) mass is 362 g/mol. The SMILES string of the molecule is COc1ccccc1OCCC(=O)NNC(=O)COc1ccc(F)cc1. The topological polar surface area (TPSA) is 85.9 Å². The van der Waals surface area contributed by atoms with Gasteiger partial charge in [-0.1, -0.05) is 12.1 Å². The number of methoxy groups -OCH3 is 1. The van der Waals surface area contributed by atoms with Crippen LogP contribution in [0.25, 0.3) is 0 Å². The highest BCUT2D eigenvalue weighted by molar-refractivity contribution is 5.82. The molecule has 0 saturated carbocycles. The van der Waals surface area contributed by atoms with Gasteiger partial charge in [-0.15, -0.1) is 0 Å². The number of halogens is 1. The number of amides is 2. The van der Waals surface area contributed by atoms with Crippen LogP contribution in [0.3, 0.4) is 0 Å². The van der Waals surface area contributed by atoms with Gasteiger partial charge in [-0.3, -0.25) is 20.4 Å². The van der Waals surface area contributed by atoms with Crippen molar-refractivity contribution in [2.75, 3.05) is 20.3 Å². The van der Waals surface area contributed by atoms with E-state index in [1.54, 1.807) is 18.2 Å². The first-order valence-corrected chi connectivity index (χ1v) is 7.80. The lowest BCUT2D eigenvalue weighted by Gasteiger charge is -2.11. The molecule has 2 aromatic carbocycles. The molecule has 0 saturated heterocycles. The quantitative estimate of drug-likeness (QED) is 0.700. The molecule has 2 N–H and O–H groups in total. The minimum Gasteiger partial charge on any atom is -0.493 e. The number of para-hydroxylation sites is 2. The van der Waals surface area contributed by atoms with E-state index in [4.69, 9.17) is 14.2 Å². The molecule has 0 atom stereocenters. The third-order valence-electron chi connectivity index (χ3n) is 3.18. The van der Waals surface area contributed by atoms with Crippen LogP contribution >= 0.6 is 0 Å². The van der Waals surface area contributed by atoms with E-state index in [1.807, 2.05) is 6.07 Å². The predicted molar refractivity (Wildman–Crippen MR) is 91.3 cm³/mol. The molecule has 0 bridgehead atoms. The van der Waals surface area contributed by atoms with Crippen molar-refractivity contribution in [1.29, 1.82) is 0 Å². The van der Waals surface area contributed by atoms with E-state index in [1.165, 1.54) is 31.4 Å². The Labute approximate surface area is 150 Å². The first-order chi connectivity index (χ1) is 12.6. The predicted octanol–water partition coefficient (Wildman–Crippen LogP) is 1.83. The van der Waals surface area contributed by atoms with E-state index >= 15 is 0 Å². The summed E-state index contributed by atoms with van der Waals surface area (Å²) >= 11 is 0. The van der Waals surface area contributed by atoms with Gasteiger partial charge >= 0.3 is 0 Å². The van der Waals surface area contributed by atoms with Gasteiger partial charge in [-0.2, -0.15) is 0 Å². The minimum atomic E-state index is -0.548. The zero-order valence-electron chi connectivity index (χ0n) is 14.2. The summed E-state index contributed by atoms with van der Waals surface area (Å²) in [6.07, 6.45) is 0.0388. The highest BCUT2D eigenvalue weighted by Gasteiger charge is 2.07. The Morgan fingerprint density at radius 3 is 2.27 bits per heavy atom. The molecule has 0 radical (unpaired) electrons. The molecule has 26 heavy (non-hydrogen) atoms. The number of hydrazine groups is 1. The summed E-state index contributed by atoms with van der Waals surface area (Å²) in [6, 6.07) is 12.3. The summed E-state index contributed by atoms with van der Waals surface area (Å²) in [5.74, 6) is 0.0736. The lowest BCUT2D eigenvalue weighted by atomic mass is 10.3. The maximum atomic E-state index is 12.7. The lowest BCUT2D eigenvalue weighted by Crippen LogP contribution is -2.44. The van der Waals surface area contributed by atoms with Gasteiger partial charge in [-0.25, -0.2) is 4.39 Å². The highest BCUT2D eigenvalue weighted by atomic mass is 19.1. The van der Waals surface area contributed by atoms with E-state index in [2.05, 4.69) is 10.9 Å². The van der Waals surface area contributed by atoms with Gasteiger partial charge in [0.25, 0.3) is 5.91 Å². The van der Waals surface area contributed by atoms with Crippen LogP contribution in [0.2, 0.25) is 0 Å². The molecular weight excluding hydrogens is 343 g/mol. The third-order valence-corrected chi connectivity index (χ3v) is 3.18. The van der Waals surface area contributed by atoms with Gasteiger partial charge in [0.15, 0.2) is 18.1 Å². The number of hydrogen-bond acceptors (Lipinski definition) is 5. The van der Waals surface area contributed by atoms with Crippen molar-refractivity contribution in [2.24, 2.45) is 0 Å². The molecule has 2 amide bonds. The van der Waals surface area contributed by atoms with Crippen LogP contribution in [0.4, 0.5) is 4.39 Å². The van der Waals surface area contributed by atoms with E-state index in [0.717, 1.165) is 0 Å². The Hall–Kier alpha value is -3.29. The standard InChI is InChI=1S/C18H19FN2O5/c1-24-15-4-2-3-5-16(15)25-11-10-17(22)20-21-18(23)12-26-14-8-6-13(19)7-9-14/h2-9H,10-12H2,1H3,(H,20,22)(H,21,23). The average Bonchev–Trinajstić information content (AvgIpc) is 2.66. The van der Waals surface area contributed by atoms with Crippen molar-refractivity contribution < 1.29 is 28.2 Å². The van der Waals surface area contributed by atoms with E-state index in [9.17, 15) is 14.0 Å². The second kappa shape index (κ2) is 9.87. The number of nitrogens with one attached hydrogen (secondary N) is 2. The van der Waals surface area contributed by atoms with Crippen molar-refractivity contribution in [3.63, 3.8) is 0 Å². The van der Waals surface area contributed by atoms with Crippen molar-refractivity contribution in [3.05, 3.63) is 54.3 Å². The number of carbonyl (C=O) groups excluding carboxylic acids is 2. The summed E-state index contributed by atoms with van der Waals surface area (Å²) in [4.78, 5) is 23.3. The van der Waals surface area contributed by atoms with Crippen LogP contribution in [0.5, 0.6) is 17.2 Å². The summed E-state index contributed by atoms with van der Waals surface area (Å²) in [5.41, 5.74) is 4.47. The van der Waals surface area contributed by atoms with Crippen molar-refractivity contribution in [3.8, 4) is 17.2 Å². The molecule has 0 fully saturated rings. The van der Waals surface area contributed by atoms with Gasteiger partial charge in [-0.05, 0) is 36.4 Å². The van der Waals surface area contributed by atoms with Crippen molar-refractivity contribution in [1.82, 2.24) is 10.9 Å². The van der Waals surface area contributed by atoms with Crippen LogP contribution in [0.1, 0.15) is 6.42 Å². The summed E-state index contributed by atoms with van der Waals surface area (Å²) < 4.78 is 28.5. The number of carbonyl (C=O) groups is 2. The normalized spacial score (nSPS) is 9.92. The summed E-state index contributed by atoms with van der Waals surface area (Å²) in [6.45, 7) is -0.197. The molecule has 138 valence electrons. The smallest absolute Gasteiger partial charge is 0.276 e. The zero-order valence-corrected chi connectivity index (χ0v) is 14.2. The first kappa shape index (κ1) is 19.0. The largest absolute Gasteiger partial charge is 0.493 e. The second-order valence-electron chi connectivity index (χ2n) is 5.09. The Balaban J connectivity index is 1.63. The molecule has 0 unspecified atom stereocenters. The molecule has 0 aliphatic heterocycles. The van der Waals surface area contributed by atoms with Crippen LogP contribution in [-0.4, -0.2) is 32.1 Å². The Morgan fingerprint density at radius 2 is 1.58 bits per heavy atom. The van der Waals surface area contributed by atoms with E-state index in [-0.39, 0.29) is 19.6 Å². The number of rotatable bonds is 8. The molecule has 0 aliphatic rings. The van der Waals surface area contributed by atoms with Crippen LogP contribution < -0.4 is 25.1 Å². The molecule has 0 aromatic heterocycles. The second-order valence-corrected chi connectivity index (χ2v) is 5.09. The van der Waals surface area contributed by atoms with Crippen molar-refractivity contribution >= 4 is 11.8 Å². The van der Waals surface area contributed by atoms with Gasteiger partial charge in [0.2, 0.25) is 5.91 Å². The molecule has 7 nitrogen and oxygen atoms in total. The Kier molecular flexibility index (Phi) is 7.23. The van der Waals surface area contributed by atoms with Gasteiger partial charge in [0.1, 0.15) is 11.6 Å². The fourth-order valence-corrected chi connectivity index (χ4v) is 1.91. The summed E-state index contributed by atoms with van der Waals surface area (Å²) in [7, 11) is 1.53. The van der Waals surface area contributed by atoms with E-state index < -0.39 is 17.6 Å². The zero-order chi connectivity index (χ0) is 18.8. The maximum absolute atomic E-state index is 12.7. The number of hydrogen-bond donors (Lipinski definition) is 2. The molecule has 0 aliphatic carbocycles. The van der Waals surface area contributed by atoms with Gasteiger partial charge in [0, 0.05) is 0 Å². The number of ether oxygens (including phenoxy) is 3.